The minimum Gasteiger partial charge on any atom is -0.312 e. The molecule has 0 bridgehead atoms. The molecule has 0 aliphatic carbocycles. The summed E-state index contributed by atoms with van der Waals surface area (Å²) in [5.74, 6) is 2.96. The van der Waals surface area contributed by atoms with Gasteiger partial charge in [0.2, 0.25) is 11.0 Å². The van der Waals surface area contributed by atoms with Gasteiger partial charge in [0.25, 0.3) is 0 Å². The molecule has 5 nitrogen and oxygen atoms in total. The number of nitrogens with zero attached hydrogens (tertiary/aromatic N) is 2. The Hall–Kier alpha value is -1.09. The zero-order chi connectivity index (χ0) is 15.9. The Bertz CT molecular complexity index is 629. The van der Waals surface area contributed by atoms with Gasteiger partial charge in [0, 0.05) is 36.3 Å². The van der Waals surface area contributed by atoms with Gasteiger partial charge in [-0.05, 0) is 5.56 Å². The van der Waals surface area contributed by atoms with Crippen molar-refractivity contribution in [1.29, 1.82) is 0 Å². The summed E-state index contributed by atoms with van der Waals surface area (Å²) < 4.78 is 0.871. The molecule has 1 aromatic carbocycles. The molecule has 1 atom stereocenters. The molecule has 8 heteroatoms. The molecule has 1 aromatic heterocycles. The van der Waals surface area contributed by atoms with E-state index < -0.39 is 0 Å². The number of nitrogens with one attached hydrogen (secondary N) is 2. The standard InChI is InChI=1S/C15H18N4OS3/c20-13(8-12-10-21-7-6-16-12)17-14-18-19-15(23-14)22-9-11-4-2-1-3-5-11/h1-5,12,16H,6-10H2,(H,17,18,20). The van der Waals surface area contributed by atoms with Crippen molar-refractivity contribution in [3.63, 3.8) is 0 Å². The fraction of sp³-hybridized carbons (Fsp3) is 0.400. The van der Waals surface area contributed by atoms with E-state index in [0.717, 1.165) is 28.1 Å². The Balaban J connectivity index is 1.45. The highest BCUT2D eigenvalue weighted by atomic mass is 32.2. The highest BCUT2D eigenvalue weighted by Gasteiger charge is 2.17. The van der Waals surface area contributed by atoms with E-state index in [0.29, 0.717) is 11.6 Å². The van der Waals surface area contributed by atoms with Gasteiger partial charge in [-0.3, -0.25) is 4.79 Å². The highest BCUT2D eigenvalue weighted by Crippen LogP contribution is 2.28. The number of benzene rings is 1. The van der Waals surface area contributed by atoms with E-state index in [9.17, 15) is 4.79 Å². The van der Waals surface area contributed by atoms with Crippen molar-refractivity contribution >= 4 is 45.9 Å². The second kappa shape index (κ2) is 8.68. The summed E-state index contributed by atoms with van der Waals surface area (Å²) in [6.07, 6.45) is 0.485. The first-order valence-corrected chi connectivity index (χ1v) is 10.4. The lowest BCUT2D eigenvalue weighted by Gasteiger charge is -2.22. The smallest absolute Gasteiger partial charge is 0.227 e. The number of carbonyl (C=O) groups is 1. The zero-order valence-corrected chi connectivity index (χ0v) is 15.0. The van der Waals surface area contributed by atoms with Crippen molar-refractivity contribution in [3.05, 3.63) is 35.9 Å². The molecule has 122 valence electrons. The number of amides is 1. The van der Waals surface area contributed by atoms with E-state index in [-0.39, 0.29) is 11.9 Å². The van der Waals surface area contributed by atoms with E-state index in [1.807, 2.05) is 30.0 Å². The average Bonchev–Trinajstić information content (AvgIpc) is 3.02. The van der Waals surface area contributed by atoms with Crippen LogP contribution in [0.2, 0.25) is 0 Å². The molecular formula is C15H18N4OS3. The van der Waals surface area contributed by atoms with E-state index in [1.165, 1.54) is 16.9 Å². The predicted molar refractivity (Wildman–Crippen MR) is 98.3 cm³/mol. The average molecular weight is 367 g/mol. The maximum atomic E-state index is 12.0. The Labute approximate surface area is 148 Å². The van der Waals surface area contributed by atoms with Crippen molar-refractivity contribution in [2.24, 2.45) is 0 Å². The van der Waals surface area contributed by atoms with Crippen LogP contribution in [-0.4, -0.2) is 40.2 Å². The van der Waals surface area contributed by atoms with E-state index >= 15 is 0 Å². The van der Waals surface area contributed by atoms with E-state index in [2.05, 4.69) is 33.0 Å². The number of anilines is 1. The molecule has 0 spiro atoms. The predicted octanol–water partition coefficient (Wildman–Crippen LogP) is 2.86. The van der Waals surface area contributed by atoms with Crippen LogP contribution in [0, 0.1) is 0 Å². The molecule has 3 rings (SSSR count). The Morgan fingerprint density at radius 1 is 1.35 bits per heavy atom. The molecule has 2 aromatic rings. The van der Waals surface area contributed by atoms with Gasteiger partial charge in [-0.25, -0.2) is 0 Å². The van der Waals surface area contributed by atoms with Crippen LogP contribution in [-0.2, 0) is 10.5 Å². The molecule has 2 N–H and O–H groups in total. The second-order valence-corrected chi connectivity index (χ2v) is 8.48. The van der Waals surface area contributed by atoms with Gasteiger partial charge in [0.1, 0.15) is 0 Å². The second-order valence-electron chi connectivity index (χ2n) is 5.13. The molecule has 1 aliphatic heterocycles. The van der Waals surface area contributed by atoms with Crippen LogP contribution >= 0.6 is 34.9 Å². The Morgan fingerprint density at radius 3 is 3.00 bits per heavy atom. The normalized spacial score (nSPS) is 17.8. The van der Waals surface area contributed by atoms with Crippen LogP contribution in [0.15, 0.2) is 34.7 Å². The minimum absolute atomic E-state index is 0.000703. The van der Waals surface area contributed by atoms with E-state index in [4.69, 9.17) is 0 Å². The minimum atomic E-state index is 0.000703. The summed E-state index contributed by atoms with van der Waals surface area (Å²) in [7, 11) is 0. The maximum absolute atomic E-state index is 12.0. The zero-order valence-electron chi connectivity index (χ0n) is 12.5. The van der Waals surface area contributed by atoms with Gasteiger partial charge in [0.15, 0.2) is 4.34 Å². The lowest BCUT2D eigenvalue weighted by atomic mass is 10.2. The number of aromatic nitrogens is 2. The summed E-state index contributed by atoms with van der Waals surface area (Å²) >= 11 is 4.95. The van der Waals surface area contributed by atoms with Gasteiger partial charge in [-0.2, -0.15) is 11.8 Å². The molecule has 1 saturated heterocycles. The lowest BCUT2D eigenvalue weighted by molar-refractivity contribution is -0.116. The first-order chi connectivity index (χ1) is 11.3. The summed E-state index contributed by atoms with van der Waals surface area (Å²) in [6, 6.07) is 10.5. The SMILES string of the molecule is O=C(CC1CSCCN1)Nc1nnc(SCc2ccccc2)s1. The molecule has 1 fully saturated rings. The largest absolute Gasteiger partial charge is 0.312 e. The van der Waals surface area contributed by atoms with Gasteiger partial charge in [-0.15, -0.1) is 10.2 Å². The van der Waals surface area contributed by atoms with Crippen molar-refractivity contribution in [1.82, 2.24) is 15.5 Å². The van der Waals surface area contributed by atoms with Crippen molar-refractivity contribution < 1.29 is 4.79 Å². The monoisotopic (exact) mass is 366 g/mol. The third-order valence-corrected chi connectivity index (χ3v) is 6.46. The molecule has 1 aliphatic rings. The summed E-state index contributed by atoms with van der Waals surface area (Å²) in [5.41, 5.74) is 1.25. The molecule has 1 amide bonds. The van der Waals surface area contributed by atoms with Crippen molar-refractivity contribution in [2.45, 2.75) is 22.6 Å². The first kappa shape index (κ1) is 16.8. The third-order valence-electron chi connectivity index (χ3n) is 3.29. The molecule has 2 heterocycles. The molecule has 0 saturated carbocycles. The number of hydrogen-bond donors (Lipinski definition) is 2. The van der Waals surface area contributed by atoms with Crippen LogP contribution in [0.5, 0.6) is 0 Å². The van der Waals surface area contributed by atoms with Crippen molar-refractivity contribution in [3.8, 4) is 0 Å². The van der Waals surface area contributed by atoms with Crippen LogP contribution < -0.4 is 10.6 Å². The topological polar surface area (TPSA) is 66.9 Å². The van der Waals surface area contributed by atoms with Gasteiger partial charge < -0.3 is 10.6 Å². The van der Waals surface area contributed by atoms with Crippen molar-refractivity contribution in [2.75, 3.05) is 23.4 Å². The van der Waals surface area contributed by atoms with Gasteiger partial charge >= 0.3 is 0 Å². The first-order valence-electron chi connectivity index (χ1n) is 7.41. The van der Waals surface area contributed by atoms with Crippen LogP contribution in [0.25, 0.3) is 0 Å². The van der Waals surface area contributed by atoms with Crippen LogP contribution in [0.3, 0.4) is 0 Å². The van der Waals surface area contributed by atoms with Crippen LogP contribution in [0.1, 0.15) is 12.0 Å². The molecule has 23 heavy (non-hydrogen) atoms. The number of hydrogen-bond acceptors (Lipinski definition) is 7. The third kappa shape index (κ3) is 5.49. The maximum Gasteiger partial charge on any atom is 0.227 e. The van der Waals surface area contributed by atoms with Crippen LogP contribution in [0.4, 0.5) is 5.13 Å². The fourth-order valence-electron chi connectivity index (χ4n) is 2.18. The molecule has 1 unspecified atom stereocenters. The number of carbonyl (C=O) groups excluding carboxylic acids is 1. The number of rotatable bonds is 6. The quantitative estimate of drug-likeness (QED) is 0.605. The van der Waals surface area contributed by atoms with E-state index in [1.54, 1.807) is 11.8 Å². The summed E-state index contributed by atoms with van der Waals surface area (Å²) in [5, 5.41) is 15.0. The Kier molecular flexibility index (Phi) is 6.32. The summed E-state index contributed by atoms with van der Waals surface area (Å²) in [6.45, 7) is 0.974. The molecular weight excluding hydrogens is 348 g/mol. The molecule has 0 radical (unpaired) electrons. The Morgan fingerprint density at radius 2 is 2.22 bits per heavy atom. The fourth-order valence-corrected chi connectivity index (χ4v) is 4.86. The number of thioether (sulfide) groups is 2. The summed E-state index contributed by atoms with van der Waals surface area (Å²) in [4.78, 5) is 12.0. The highest BCUT2D eigenvalue weighted by molar-refractivity contribution is 8.00. The van der Waals surface area contributed by atoms with Gasteiger partial charge in [0.05, 0.1) is 0 Å². The van der Waals surface area contributed by atoms with Gasteiger partial charge in [-0.1, -0.05) is 53.4 Å². The lowest BCUT2D eigenvalue weighted by Crippen LogP contribution is -2.39.